The number of aromatic nitrogens is 1. The number of anilines is 1. The van der Waals surface area contributed by atoms with Crippen LogP contribution in [-0.4, -0.2) is 4.98 Å². The van der Waals surface area contributed by atoms with Crippen LogP contribution in [0.1, 0.15) is 11.5 Å². The summed E-state index contributed by atoms with van der Waals surface area (Å²) in [6.07, 6.45) is 1.76. The highest BCUT2D eigenvalue weighted by atomic mass is 35.5. The van der Waals surface area contributed by atoms with E-state index in [1.54, 1.807) is 6.20 Å². The smallest absolute Gasteiger partial charge is 0.123 e. The number of halogens is 1. The van der Waals surface area contributed by atoms with E-state index in [0.717, 1.165) is 28.1 Å². The van der Waals surface area contributed by atoms with Crippen LogP contribution in [0.4, 0.5) is 5.69 Å². The molecule has 19 heavy (non-hydrogen) atoms. The van der Waals surface area contributed by atoms with Crippen molar-refractivity contribution >= 4 is 28.2 Å². The molecule has 0 atom stereocenters. The maximum atomic E-state index is 6.16. The van der Waals surface area contributed by atoms with Gasteiger partial charge in [-0.3, -0.25) is 4.98 Å². The Morgan fingerprint density at radius 2 is 2.11 bits per heavy atom. The first kappa shape index (κ1) is 12.1. The molecular weight excluding hydrogens is 260 g/mol. The quantitative estimate of drug-likeness (QED) is 0.768. The van der Waals surface area contributed by atoms with Gasteiger partial charge in [-0.05, 0) is 43.3 Å². The molecule has 2 aromatic heterocycles. The van der Waals surface area contributed by atoms with Gasteiger partial charge in [0.2, 0.25) is 0 Å². The molecule has 1 aromatic carbocycles. The maximum Gasteiger partial charge on any atom is 0.123 e. The molecular formula is C15H13ClN2O. The van der Waals surface area contributed by atoms with Gasteiger partial charge in [0.1, 0.15) is 11.5 Å². The van der Waals surface area contributed by atoms with Crippen molar-refractivity contribution in [2.75, 3.05) is 5.32 Å². The molecule has 0 saturated heterocycles. The first-order chi connectivity index (χ1) is 9.24. The predicted octanol–water partition coefficient (Wildman–Crippen LogP) is 4.40. The molecule has 0 spiro atoms. The minimum atomic E-state index is 0.626. The average molecular weight is 273 g/mol. The monoisotopic (exact) mass is 272 g/mol. The molecule has 0 amide bonds. The summed E-state index contributed by atoms with van der Waals surface area (Å²) < 4.78 is 5.53. The number of hydrogen-bond acceptors (Lipinski definition) is 3. The molecule has 0 aliphatic heterocycles. The number of nitrogens with zero attached hydrogens (tertiary/aromatic N) is 1. The second kappa shape index (κ2) is 4.94. The summed E-state index contributed by atoms with van der Waals surface area (Å²) in [4.78, 5) is 4.38. The molecule has 4 heteroatoms. The molecule has 0 saturated carbocycles. The normalized spacial score (nSPS) is 10.8. The number of pyridine rings is 1. The summed E-state index contributed by atoms with van der Waals surface area (Å²) in [6.45, 7) is 2.56. The minimum absolute atomic E-state index is 0.626. The van der Waals surface area contributed by atoms with E-state index in [2.05, 4.69) is 10.3 Å². The van der Waals surface area contributed by atoms with Gasteiger partial charge in [-0.1, -0.05) is 11.6 Å². The highest BCUT2D eigenvalue weighted by Gasteiger charge is 2.06. The summed E-state index contributed by atoms with van der Waals surface area (Å²) in [5.74, 6) is 1.81. The van der Waals surface area contributed by atoms with Crippen molar-refractivity contribution in [2.24, 2.45) is 0 Å². The standard InChI is InChI=1S/C15H13ClN2O/c1-10-4-5-11(19-10)9-18-14-7-6-13(16)12-3-2-8-17-15(12)14/h2-8,18H,9H2,1H3. The fourth-order valence-corrected chi connectivity index (χ4v) is 2.26. The van der Waals surface area contributed by atoms with E-state index in [0.29, 0.717) is 11.6 Å². The Bertz CT molecular complexity index is 721. The first-order valence-electron chi connectivity index (χ1n) is 6.06. The van der Waals surface area contributed by atoms with Gasteiger partial charge in [-0.25, -0.2) is 0 Å². The van der Waals surface area contributed by atoms with Gasteiger partial charge in [0.05, 0.1) is 22.8 Å². The fourth-order valence-electron chi connectivity index (χ4n) is 2.04. The van der Waals surface area contributed by atoms with Gasteiger partial charge in [0, 0.05) is 11.6 Å². The van der Waals surface area contributed by atoms with Crippen molar-refractivity contribution in [2.45, 2.75) is 13.5 Å². The number of rotatable bonds is 3. The molecule has 0 unspecified atom stereocenters. The van der Waals surface area contributed by atoms with Gasteiger partial charge in [-0.15, -0.1) is 0 Å². The van der Waals surface area contributed by atoms with E-state index in [1.165, 1.54) is 0 Å². The molecule has 0 fully saturated rings. The Labute approximate surface area is 116 Å². The second-order valence-electron chi connectivity index (χ2n) is 4.36. The van der Waals surface area contributed by atoms with Crippen molar-refractivity contribution in [3.05, 3.63) is 59.1 Å². The molecule has 0 bridgehead atoms. The lowest BCUT2D eigenvalue weighted by molar-refractivity contribution is 0.490. The summed E-state index contributed by atoms with van der Waals surface area (Å²) in [7, 11) is 0. The Hall–Kier alpha value is -2.00. The SMILES string of the molecule is Cc1ccc(CNc2ccc(Cl)c3cccnc23)o1. The van der Waals surface area contributed by atoms with Crippen LogP contribution in [0.2, 0.25) is 5.02 Å². The van der Waals surface area contributed by atoms with E-state index < -0.39 is 0 Å². The third kappa shape index (κ3) is 2.42. The molecule has 0 radical (unpaired) electrons. The zero-order valence-corrected chi connectivity index (χ0v) is 11.2. The van der Waals surface area contributed by atoms with E-state index in [-0.39, 0.29) is 0 Å². The number of aryl methyl sites for hydroxylation is 1. The van der Waals surface area contributed by atoms with Crippen LogP contribution in [0.15, 0.2) is 47.0 Å². The molecule has 96 valence electrons. The van der Waals surface area contributed by atoms with Crippen molar-refractivity contribution in [1.29, 1.82) is 0 Å². The van der Waals surface area contributed by atoms with Gasteiger partial charge < -0.3 is 9.73 Å². The highest BCUT2D eigenvalue weighted by Crippen LogP contribution is 2.28. The van der Waals surface area contributed by atoms with Gasteiger partial charge in [-0.2, -0.15) is 0 Å². The van der Waals surface area contributed by atoms with E-state index in [9.17, 15) is 0 Å². The van der Waals surface area contributed by atoms with Crippen molar-refractivity contribution in [3.8, 4) is 0 Å². The highest BCUT2D eigenvalue weighted by molar-refractivity contribution is 6.35. The summed E-state index contributed by atoms with van der Waals surface area (Å²) in [6, 6.07) is 11.6. The average Bonchev–Trinajstić information content (AvgIpc) is 2.84. The zero-order valence-electron chi connectivity index (χ0n) is 10.5. The van der Waals surface area contributed by atoms with Crippen molar-refractivity contribution in [3.63, 3.8) is 0 Å². The van der Waals surface area contributed by atoms with Crippen molar-refractivity contribution in [1.82, 2.24) is 4.98 Å². The lowest BCUT2D eigenvalue weighted by atomic mass is 10.2. The Morgan fingerprint density at radius 1 is 1.21 bits per heavy atom. The molecule has 1 N–H and O–H groups in total. The van der Waals surface area contributed by atoms with Crippen LogP contribution in [0.3, 0.4) is 0 Å². The molecule has 3 nitrogen and oxygen atoms in total. The van der Waals surface area contributed by atoms with E-state index >= 15 is 0 Å². The summed E-state index contributed by atoms with van der Waals surface area (Å²) in [5.41, 5.74) is 1.83. The van der Waals surface area contributed by atoms with Crippen LogP contribution in [0.25, 0.3) is 10.9 Å². The first-order valence-corrected chi connectivity index (χ1v) is 6.44. The predicted molar refractivity (Wildman–Crippen MR) is 77.5 cm³/mol. The van der Waals surface area contributed by atoms with Crippen LogP contribution in [0, 0.1) is 6.92 Å². The van der Waals surface area contributed by atoms with Crippen molar-refractivity contribution < 1.29 is 4.42 Å². The molecule has 2 heterocycles. The van der Waals surface area contributed by atoms with Gasteiger partial charge in [0.15, 0.2) is 0 Å². The topological polar surface area (TPSA) is 38.1 Å². The van der Waals surface area contributed by atoms with Crippen LogP contribution in [-0.2, 0) is 6.54 Å². The maximum absolute atomic E-state index is 6.16. The zero-order chi connectivity index (χ0) is 13.2. The van der Waals surface area contributed by atoms with Crippen LogP contribution >= 0.6 is 11.6 Å². The van der Waals surface area contributed by atoms with Gasteiger partial charge in [0.25, 0.3) is 0 Å². The van der Waals surface area contributed by atoms with Crippen LogP contribution in [0.5, 0.6) is 0 Å². The number of fused-ring (bicyclic) bond motifs is 1. The minimum Gasteiger partial charge on any atom is -0.465 e. The Kier molecular flexibility index (Phi) is 3.13. The summed E-state index contributed by atoms with van der Waals surface area (Å²) >= 11 is 6.16. The fraction of sp³-hybridized carbons (Fsp3) is 0.133. The molecule has 0 aliphatic carbocycles. The lowest BCUT2D eigenvalue weighted by Gasteiger charge is -2.08. The number of nitrogens with one attached hydrogen (secondary N) is 1. The molecule has 0 aliphatic rings. The lowest BCUT2D eigenvalue weighted by Crippen LogP contribution is -1.99. The third-order valence-corrected chi connectivity index (χ3v) is 3.30. The van der Waals surface area contributed by atoms with Gasteiger partial charge >= 0.3 is 0 Å². The largest absolute Gasteiger partial charge is 0.465 e. The molecule has 3 rings (SSSR count). The number of furan rings is 1. The Morgan fingerprint density at radius 3 is 2.89 bits per heavy atom. The number of hydrogen-bond donors (Lipinski definition) is 1. The van der Waals surface area contributed by atoms with Crippen LogP contribution < -0.4 is 5.32 Å². The van der Waals surface area contributed by atoms with E-state index in [1.807, 2.05) is 43.3 Å². The summed E-state index contributed by atoms with van der Waals surface area (Å²) in [5, 5.41) is 4.99. The second-order valence-corrected chi connectivity index (χ2v) is 4.77. The Balaban J connectivity index is 1.91. The molecule has 3 aromatic rings. The third-order valence-electron chi connectivity index (χ3n) is 2.97. The van der Waals surface area contributed by atoms with E-state index in [4.69, 9.17) is 16.0 Å². The number of benzene rings is 1.